The molecule has 1 amide bonds. The summed E-state index contributed by atoms with van der Waals surface area (Å²) < 4.78 is 6.88. The number of hydrogen-bond donors (Lipinski definition) is 1. The summed E-state index contributed by atoms with van der Waals surface area (Å²) in [4.78, 5) is 15.1. The molecule has 1 saturated heterocycles. The summed E-state index contributed by atoms with van der Waals surface area (Å²) in [6.45, 7) is 1.89. The summed E-state index contributed by atoms with van der Waals surface area (Å²) >= 11 is 13.3. The number of methoxy groups -OCH3 is 1. The largest absolute Gasteiger partial charge is 0.495 e. The zero-order valence-electron chi connectivity index (χ0n) is 13.6. The second-order valence-electron chi connectivity index (χ2n) is 5.75. The fourth-order valence-electron chi connectivity index (χ4n) is 3.00. The van der Waals surface area contributed by atoms with E-state index in [4.69, 9.17) is 16.3 Å². The van der Waals surface area contributed by atoms with Crippen molar-refractivity contribution in [3.05, 3.63) is 49.9 Å². The van der Waals surface area contributed by atoms with E-state index in [1.54, 1.807) is 13.2 Å². The van der Waals surface area contributed by atoms with E-state index < -0.39 is 0 Å². The highest BCUT2D eigenvalue weighted by atomic mass is 79.9. The molecule has 2 aromatic carbocycles. The van der Waals surface area contributed by atoms with Crippen LogP contribution in [0.5, 0.6) is 5.75 Å². The van der Waals surface area contributed by atoms with Crippen molar-refractivity contribution in [2.75, 3.05) is 30.4 Å². The van der Waals surface area contributed by atoms with Crippen LogP contribution in [-0.2, 0) is 0 Å². The number of amides is 1. The number of ether oxygens (including phenoxy) is 1. The first-order chi connectivity index (χ1) is 12.0. The molecule has 1 heterocycles. The van der Waals surface area contributed by atoms with E-state index in [1.807, 2.05) is 24.3 Å². The zero-order chi connectivity index (χ0) is 18.0. The number of nitrogens with one attached hydrogen (secondary N) is 1. The molecule has 132 valence electrons. The summed E-state index contributed by atoms with van der Waals surface area (Å²) in [5.74, 6) is 0.243. The third kappa shape index (κ3) is 3.96. The number of nitrogens with zero attached hydrogens (tertiary/aromatic N) is 1. The lowest BCUT2D eigenvalue weighted by atomic mass is 10.1. The van der Waals surface area contributed by atoms with E-state index in [1.165, 1.54) is 0 Å². The lowest BCUT2D eigenvalue weighted by molar-refractivity contribution is 0.102. The Kier molecular flexibility index (Phi) is 5.92. The van der Waals surface area contributed by atoms with Crippen LogP contribution in [0, 0.1) is 0 Å². The monoisotopic (exact) mass is 486 g/mol. The molecule has 0 aliphatic carbocycles. The Morgan fingerprint density at radius 1 is 1.24 bits per heavy atom. The minimum Gasteiger partial charge on any atom is -0.495 e. The van der Waals surface area contributed by atoms with Crippen molar-refractivity contribution in [2.24, 2.45) is 0 Å². The summed E-state index contributed by atoms with van der Waals surface area (Å²) in [5.41, 5.74) is 2.02. The van der Waals surface area contributed by atoms with Crippen molar-refractivity contribution in [2.45, 2.75) is 12.8 Å². The Balaban J connectivity index is 1.96. The van der Waals surface area contributed by atoms with E-state index in [0.29, 0.717) is 26.5 Å². The number of rotatable bonds is 4. The fraction of sp³-hybridized carbons (Fsp3) is 0.278. The van der Waals surface area contributed by atoms with Gasteiger partial charge in [0, 0.05) is 17.6 Å². The van der Waals surface area contributed by atoms with Gasteiger partial charge in [0.1, 0.15) is 5.75 Å². The highest BCUT2D eigenvalue weighted by Gasteiger charge is 2.22. The predicted octanol–water partition coefficient (Wildman–Crippen LogP) is 5.73. The van der Waals surface area contributed by atoms with Crippen molar-refractivity contribution < 1.29 is 9.53 Å². The standard InChI is InChI=1S/C18H17Br2ClN2O2/c1-25-17-12(9-11(19)10-13(17)20)18(24)22-15-6-4-5-14(21)16(15)23-7-2-3-8-23/h4-6,9-10H,2-3,7-8H2,1H3,(H,22,24). The maximum atomic E-state index is 12.9. The lowest BCUT2D eigenvalue weighted by Crippen LogP contribution is -2.22. The van der Waals surface area contributed by atoms with Crippen molar-refractivity contribution >= 4 is 60.7 Å². The number of para-hydroxylation sites is 1. The third-order valence-corrected chi connectivity index (χ3v) is 5.47. The molecule has 0 spiro atoms. The number of carbonyl (C=O) groups excluding carboxylic acids is 1. The molecule has 0 aromatic heterocycles. The second-order valence-corrected chi connectivity index (χ2v) is 7.93. The van der Waals surface area contributed by atoms with Gasteiger partial charge < -0.3 is 15.0 Å². The molecule has 0 atom stereocenters. The smallest absolute Gasteiger partial charge is 0.259 e. The molecular formula is C18H17Br2ClN2O2. The number of benzene rings is 2. The Morgan fingerprint density at radius 3 is 2.64 bits per heavy atom. The Bertz CT molecular complexity index is 808. The van der Waals surface area contributed by atoms with Gasteiger partial charge in [-0.3, -0.25) is 4.79 Å². The lowest BCUT2D eigenvalue weighted by Gasteiger charge is -2.23. The zero-order valence-corrected chi connectivity index (χ0v) is 17.5. The molecule has 1 aliphatic heterocycles. The first-order valence-electron chi connectivity index (χ1n) is 7.89. The van der Waals surface area contributed by atoms with Crippen molar-refractivity contribution in [1.82, 2.24) is 0 Å². The van der Waals surface area contributed by atoms with Gasteiger partial charge >= 0.3 is 0 Å². The van der Waals surface area contributed by atoms with Gasteiger partial charge in [-0.05, 0) is 53.0 Å². The highest BCUT2D eigenvalue weighted by Crippen LogP contribution is 2.37. The molecule has 1 aliphatic rings. The molecule has 1 fully saturated rings. The first kappa shape index (κ1) is 18.5. The predicted molar refractivity (Wildman–Crippen MR) is 109 cm³/mol. The normalized spacial score (nSPS) is 13.8. The van der Waals surface area contributed by atoms with Gasteiger partial charge in [0.05, 0.1) is 33.5 Å². The van der Waals surface area contributed by atoms with E-state index in [9.17, 15) is 4.79 Å². The van der Waals surface area contributed by atoms with Crippen molar-refractivity contribution in [1.29, 1.82) is 0 Å². The molecule has 3 rings (SSSR count). The van der Waals surface area contributed by atoms with Crippen LogP contribution in [0.3, 0.4) is 0 Å². The van der Waals surface area contributed by atoms with Gasteiger partial charge in [0.15, 0.2) is 0 Å². The van der Waals surface area contributed by atoms with Gasteiger partial charge in [-0.2, -0.15) is 0 Å². The molecule has 0 unspecified atom stereocenters. The number of hydrogen-bond acceptors (Lipinski definition) is 3. The van der Waals surface area contributed by atoms with E-state index in [2.05, 4.69) is 42.1 Å². The maximum absolute atomic E-state index is 12.9. The molecule has 7 heteroatoms. The van der Waals surface area contributed by atoms with E-state index in [-0.39, 0.29) is 5.91 Å². The molecule has 2 aromatic rings. The number of halogens is 3. The van der Waals surface area contributed by atoms with E-state index >= 15 is 0 Å². The average Bonchev–Trinajstić information content (AvgIpc) is 3.08. The molecule has 4 nitrogen and oxygen atoms in total. The Labute approximate surface area is 168 Å². The molecule has 0 radical (unpaired) electrons. The van der Waals surface area contributed by atoms with Gasteiger partial charge in [-0.25, -0.2) is 0 Å². The Hall–Kier alpha value is -1.24. The number of carbonyl (C=O) groups is 1. The summed E-state index contributed by atoms with van der Waals surface area (Å²) in [7, 11) is 1.54. The Morgan fingerprint density at radius 2 is 1.96 bits per heavy atom. The van der Waals surface area contributed by atoms with Gasteiger partial charge in [-0.1, -0.05) is 33.6 Å². The highest BCUT2D eigenvalue weighted by molar-refractivity contribution is 9.11. The first-order valence-corrected chi connectivity index (χ1v) is 9.85. The topological polar surface area (TPSA) is 41.6 Å². The molecule has 1 N–H and O–H groups in total. The van der Waals surface area contributed by atoms with Gasteiger partial charge in [-0.15, -0.1) is 0 Å². The van der Waals surface area contributed by atoms with E-state index in [0.717, 1.165) is 36.1 Å². The van der Waals surface area contributed by atoms with Gasteiger partial charge in [0.2, 0.25) is 0 Å². The van der Waals surface area contributed by atoms with Crippen LogP contribution in [0.25, 0.3) is 0 Å². The average molecular weight is 489 g/mol. The summed E-state index contributed by atoms with van der Waals surface area (Å²) in [6, 6.07) is 9.13. The molecule has 25 heavy (non-hydrogen) atoms. The van der Waals surface area contributed by atoms with Crippen molar-refractivity contribution in [3.8, 4) is 5.75 Å². The molecular weight excluding hydrogens is 471 g/mol. The van der Waals surface area contributed by atoms with Crippen LogP contribution < -0.4 is 15.0 Å². The SMILES string of the molecule is COc1c(Br)cc(Br)cc1C(=O)Nc1cccc(Cl)c1N1CCCC1. The van der Waals surface area contributed by atoms with Crippen LogP contribution in [0.2, 0.25) is 5.02 Å². The minimum atomic E-state index is -0.249. The third-order valence-electron chi connectivity index (χ3n) is 4.11. The minimum absolute atomic E-state index is 0.249. The summed E-state index contributed by atoms with van der Waals surface area (Å²) in [5, 5.41) is 3.63. The number of anilines is 2. The summed E-state index contributed by atoms with van der Waals surface area (Å²) in [6.07, 6.45) is 2.26. The van der Waals surface area contributed by atoms with Crippen molar-refractivity contribution in [3.63, 3.8) is 0 Å². The quantitative estimate of drug-likeness (QED) is 0.598. The van der Waals surface area contributed by atoms with Crippen LogP contribution in [-0.4, -0.2) is 26.1 Å². The van der Waals surface area contributed by atoms with Gasteiger partial charge in [0.25, 0.3) is 5.91 Å². The second kappa shape index (κ2) is 7.98. The molecule has 0 saturated carbocycles. The fourth-order valence-corrected chi connectivity index (χ4v) is 4.69. The van der Waals surface area contributed by atoms with Crippen LogP contribution in [0.4, 0.5) is 11.4 Å². The molecule has 0 bridgehead atoms. The van der Waals surface area contributed by atoms with Crippen LogP contribution in [0.1, 0.15) is 23.2 Å². The van der Waals surface area contributed by atoms with Crippen LogP contribution >= 0.6 is 43.5 Å². The maximum Gasteiger partial charge on any atom is 0.259 e. The van der Waals surface area contributed by atoms with Crippen LogP contribution in [0.15, 0.2) is 39.3 Å².